The van der Waals surface area contributed by atoms with E-state index in [-0.39, 0.29) is 0 Å². The fourth-order valence-electron chi connectivity index (χ4n) is 2.45. The highest BCUT2D eigenvalue weighted by molar-refractivity contribution is 9.10. The monoisotopic (exact) mass is 297 g/mol. The summed E-state index contributed by atoms with van der Waals surface area (Å²) in [4.78, 5) is 6.80. The van der Waals surface area contributed by atoms with Crippen LogP contribution in [0.4, 0.5) is 0 Å². The maximum Gasteiger partial charge on any atom is 0.106 e. The number of pyridine rings is 1. The Morgan fingerprint density at radius 2 is 2.24 bits per heavy atom. The van der Waals surface area contributed by atoms with Crippen molar-refractivity contribution in [2.24, 2.45) is 0 Å². The van der Waals surface area contributed by atoms with Crippen molar-refractivity contribution in [2.75, 3.05) is 26.2 Å². The van der Waals surface area contributed by atoms with Gasteiger partial charge in [0.25, 0.3) is 0 Å². The van der Waals surface area contributed by atoms with E-state index in [1.54, 1.807) is 0 Å². The Kier molecular flexibility index (Phi) is 4.95. The third-order valence-corrected chi connectivity index (χ3v) is 3.72. The number of halogens is 1. The van der Waals surface area contributed by atoms with Gasteiger partial charge in [-0.25, -0.2) is 4.98 Å². The van der Waals surface area contributed by atoms with Gasteiger partial charge >= 0.3 is 0 Å². The van der Waals surface area contributed by atoms with E-state index in [1.807, 2.05) is 6.20 Å². The molecule has 4 heteroatoms. The van der Waals surface area contributed by atoms with Crippen molar-refractivity contribution in [3.8, 4) is 0 Å². The maximum atomic E-state index is 4.21. The van der Waals surface area contributed by atoms with Crippen LogP contribution in [0.2, 0.25) is 0 Å². The predicted molar refractivity (Wildman–Crippen MR) is 74.0 cm³/mol. The maximum absolute atomic E-state index is 4.21. The van der Waals surface area contributed by atoms with E-state index < -0.39 is 0 Å². The average molecular weight is 298 g/mol. The van der Waals surface area contributed by atoms with Gasteiger partial charge in [-0.3, -0.25) is 4.90 Å². The SMILES string of the molecule is CCC[C@@H](c1ccnc(Br)c1)N1CCNCC1. The number of hydrogen-bond acceptors (Lipinski definition) is 3. The van der Waals surface area contributed by atoms with Crippen LogP contribution in [-0.2, 0) is 0 Å². The van der Waals surface area contributed by atoms with Gasteiger partial charge in [0.05, 0.1) is 0 Å². The fourth-order valence-corrected chi connectivity index (χ4v) is 2.83. The van der Waals surface area contributed by atoms with Crippen LogP contribution in [0, 0.1) is 0 Å². The molecule has 0 radical (unpaired) electrons. The second-order valence-electron chi connectivity index (χ2n) is 4.50. The first kappa shape index (κ1) is 13.0. The molecule has 1 atom stereocenters. The molecule has 1 aromatic rings. The zero-order chi connectivity index (χ0) is 12.1. The fraction of sp³-hybridized carbons (Fsp3) is 0.615. The third-order valence-electron chi connectivity index (χ3n) is 3.29. The van der Waals surface area contributed by atoms with E-state index in [0.29, 0.717) is 6.04 Å². The Balaban J connectivity index is 2.15. The summed E-state index contributed by atoms with van der Waals surface area (Å²) in [5, 5.41) is 3.41. The molecule has 0 aliphatic carbocycles. The Labute approximate surface area is 112 Å². The van der Waals surface area contributed by atoms with Gasteiger partial charge in [-0.2, -0.15) is 0 Å². The average Bonchev–Trinajstić information content (AvgIpc) is 2.37. The van der Waals surface area contributed by atoms with Crippen LogP contribution in [0.3, 0.4) is 0 Å². The smallest absolute Gasteiger partial charge is 0.106 e. The summed E-state index contributed by atoms with van der Waals surface area (Å²) in [6.45, 7) is 6.75. The van der Waals surface area contributed by atoms with Crippen LogP contribution in [0.5, 0.6) is 0 Å². The third kappa shape index (κ3) is 3.50. The Morgan fingerprint density at radius 3 is 2.88 bits per heavy atom. The van der Waals surface area contributed by atoms with Crippen molar-refractivity contribution in [3.05, 3.63) is 28.5 Å². The van der Waals surface area contributed by atoms with Crippen molar-refractivity contribution < 1.29 is 0 Å². The first-order valence-electron chi connectivity index (χ1n) is 6.37. The van der Waals surface area contributed by atoms with Crippen molar-refractivity contribution in [1.29, 1.82) is 0 Å². The molecular formula is C13H20BrN3. The van der Waals surface area contributed by atoms with E-state index in [4.69, 9.17) is 0 Å². The Morgan fingerprint density at radius 1 is 1.47 bits per heavy atom. The lowest BCUT2D eigenvalue weighted by atomic mass is 10.0. The van der Waals surface area contributed by atoms with E-state index in [9.17, 15) is 0 Å². The summed E-state index contributed by atoms with van der Waals surface area (Å²) in [5.74, 6) is 0. The minimum absolute atomic E-state index is 0.543. The van der Waals surface area contributed by atoms with E-state index in [0.717, 1.165) is 30.8 Å². The molecule has 0 unspecified atom stereocenters. The minimum Gasteiger partial charge on any atom is -0.314 e. The minimum atomic E-state index is 0.543. The summed E-state index contributed by atoms with van der Waals surface area (Å²) in [6, 6.07) is 4.84. The zero-order valence-corrected chi connectivity index (χ0v) is 11.9. The number of nitrogens with zero attached hydrogens (tertiary/aromatic N) is 2. The summed E-state index contributed by atoms with van der Waals surface area (Å²) in [7, 11) is 0. The highest BCUT2D eigenvalue weighted by Gasteiger charge is 2.21. The van der Waals surface area contributed by atoms with Gasteiger partial charge in [0.15, 0.2) is 0 Å². The molecule has 1 aromatic heterocycles. The molecule has 1 N–H and O–H groups in total. The second kappa shape index (κ2) is 6.47. The standard InChI is InChI=1S/C13H20BrN3/c1-2-3-12(17-8-6-15-7-9-17)11-4-5-16-13(14)10-11/h4-5,10,12,15H,2-3,6-9H2,1H3/t12-/m0/s1. The summed E-state index contributed by atoms with van der Waals surface area (Å²) in [6.07, 6.45) is 4.33. The number of nitrogens with one attached hydrogen (secondary N) is 1. The van der Waals surface area contributed by atoms with Crippen molar-refractivity contribution in [3.63, 3.8) is 0 Å². The molecule has 2 heterocycles. The number of aromatic nitrogens is 1. The van der Waals surface area contributed by atoms with E-state index >= 15 is 0 Å². The van der Waals surface area contributed by atoms with Crippen LogP contribution in [0.1, 0.15) is 31.4 Å². The van der Waals surface area contributed by atoms with Gasteiger partial charge < -0.3 is 5.32 Å². The molecule has 1 saturated heterocycles. The molecule has 0 saturated carbocycles. The zero-order valence-electron chi connectivity index (χ0n) is 10.3. The van der Waals surface area contributed by atoms with E-state index in [1.165, 1.54) is 18.4 Å². The topological polar surface area (TPSA) is 28.2 Å². The van der Waals surface area contributed by atoms with E-state index in [2.05, 4.69) is 50.2 Å². The molecule has 0 spiro atoms. The van der Waals surface area contributed by atoms with Crippen LogP contribution >= 0.6 is 15.9 Å². The lowest BCUT2D eigenvalue weighted by molar-refractivity contribution is 0.164. The molecule has 2 rings (SSSR count). The molecule has 1 fully saturated rings. The molecule has 94 valence electrons. The van der Waals surface area contributed by atoms with Gasteiger partial charge in [-0.15, -0.1) is 0 Å². The van der Waals surface area contributed by atoms with Gasteiger partial charge in [-0.05, 0) is 40.0 Å². The van der Waals surface area contributed by atoms with Crippen LogP contribution in [0.15, 0.2) is 22.9 Å². The predicted octanol–water partition coefficient (Wildman–Crippen LogP) is 2.59. The molecule has 1 aliphatic rings. The molecular weight excluding hydrogens is 278 g/mol. The quantitative estimate of drug-likeness (QED) is 0.866. The normalized spacial score (nSPS) is 19.2. The first-order valence-corrected chi connectivity index (χ1v) is 7.16. The van der Waals surface area contributed by atoms with Gasteiger partial charge in [0.1, 0.15) is 4.60 Å². The van der Waals surface area contributed by atoms with Crippen molar-refractivity contribution >= 4 is 15.9 Å². The highest BCUT2D eigenvalue weighted by atomic mass is 79.9. The van der Waals surface area contributed by atoms with Crippen LogP contribution in [-0.4, -0.2) is 36.1 Å². The molecule has 3 nitrogen and oxygen atoms in total. The van der Waals surface area contributed by atoms with Gasteiger partial charge in [0.2, 0.25) is 0 Å². The largest absolute Gasteiger partial charge is 0.314 e. The molecule has 0 amide bonds. The molecule has 0 aromatic carbocycles. The number of piperazine rings is 1. The summed E-state index contributed by atoms with van der Waals surface area (Å²) in [5.41, 5.74) is 1.38. The van der Waals surface area contributed by atoms with Gasteiger partial charge in [0, 0.05) is 38.4 Å². The Hall–Kier alpha value is -0.450. The Bertz CT molecular complexity index is 350. The van der Waals surface area contributed by atoms with Crippen LogP contribution in [0.25, 0.3) is 0 Å². The second-order valence-corrected chi connectivity index (χ2v) is 5.31. The lowest BCUT2D eigenvalue weighted by Gasteiger charge is -2.35. The van der Waals surface area contributed by atoms with Crippen molar-refractivity contribution in [2.45, 2.75) is 25.8 Å². The summed E-state index contributed by atoms with van der Waals surface area (Å²) >= 11 is 3.46. The molecule has 0 bridgehead atoms. The molecule has 17 heavy (non-hydrogen) atoms. The van der Waals surface area contributed by atoms with Crippen LogP contribution < -0.4 is 5.32 Å². The highest BCUT2D eigenvalue weighted by Crippen LogP contribution is 2.27. The summed E-state index contributed by atoms with van der Waals surface area (Å²) < 4.78 is 0.936. The van der Waals surface area contributed by atoms with Crippen molar-refractivity contribution in [1.82, 2.24) is 15.2 Å². The lowest BCUT2D eigenvalue weighted by Crippen LogP contribution is -2.45. The first-order chi connectivity index (χ1) is 8.31. The number of rotatable bonds is 4. The van der Waals surface area contributed by atoms with Gasteiger partial charge in [-0.1, -0.05) is 13.3 Å². The molecule has 1 aliphatic heterocycles. The number of hydrogen-bond donors (Lipinski definition) is 1.